The Labute approximate surface area is 122 Å². The Morgan fingerprint density at radius 3 is 2.57 bits per heavy atom. The van der Waals surface area contributed by atoms with E-state index in [1.54, 1.807) is 30.3 Å². The van der Waals surface area contributed by atoms with Crippen LogP contribution in [0, 0.1) is 5.82 Å². The van der Waals surface area contributed by atoms with Crippen molar-refractivity contribution in [2.45, 2.75) is 13.0 Å². The van der Waals surface area contributed by atoms with Crippen molar-refractivity contribution >= 4 is 11.7 Å². The van der Waals surface area contributed by atoms with Crippen molar-refractivity contribution in [1.82, 2.24) is 4.90 Å². The normalized spacial score (nSPS) is 13.4. The first-order chi connectivity index (χ1) is 10.1. The molecule has 0 atom stereocenters. The first-order valence-electron chi connectivity index (χ1n) is 6.77. The van der Waals surface area contributed by atoms with E-state index >= 15 is 0 Å². The molecule has 0 aliphatic carbocycles. The van der Waals surface area contributed by atoms with Gasteiger partial charge in [0.15, 0.2) is 5.78 Å². The molecule has 3 rings (SSSR count). The molecular formula is C17H14FNO2. The number of rotatable bonds is 4. The molecule has 0 unspecified atom stereocenters. The number of ketones is 1. The lowest BCUT2D eigenvalue weighted by Gasteiger charge is -2.14. The van der Waals surface area contributed by atoms with Gasteiger partial charge in [-0.1, -0.05) is 36.4 Å². The molecule has 0 saturated carbocycles. The van der Waals surface area contributed by atoms with Crippen LogP contribution in [0.15, 0.2) is 48.5 Å². The van der Waals surface area contributed by atoms with E-state index in [0.717, 1.165) is 5.56 Å². The summed E-state index contributed by atoms with van der Waals surface area (Å²) in [7, 11) is 0. The number of Topliss-reactive ketones (excluding diaryl/α,β-unsaturated/α-hetero) is 1. The highest BCUT2D eigenvalue weighted by molar-refractivity contribution is 6.00. The zero-order valence-corrected chi connectivity index (χ0v) is 11.4. The summed E-state index contributed by atoms with van der Waals surface area (Å²) in [5.74, 6) is -0.685. The van der Waals surface area contributed by atoms with E-state index in [1.165, 1.54) is 11.0 Å². The molecule has 21 heavy (non-hydrogen) atoms. The Bertz CT molecular complexity index is 711. The van der Waals surface area contributed by atoms with E-state index in [9.17, 15) is 14.0 Å². The number of fused-ring (bicyclic) bond motifs is 1. The lowest BCUT2D eigenvalue weighted by atomic mass is 10.1. The van der Waals surface area contributed by atoms with Crippen molar-refractivity contribution in [1.29, 1.82) is 0 Å². The maximum absolute atomic E-state index is 13.5. The van der Waals surface area contributed by atoms with Crippen LogP contribution in [0.4, 0.5) is 4.39 Å². The van der Waals surface area contributed by atoms with E-state index in [2.05, 4.69) is 0 Å². The lowest BCUT2D eigenvalue weighted by Crippen LogP contribution is -2.31. The van der Waals surface area contributed by atoms with Gasteiger partial charge in [0.1, 0.15) is 5.82 Å². The Morgan fingerprint density at radius 1 is 1.10 bits per heavy atom. The van der Waals surface area contributed by atoms with Gasteiger partial charge in [0.2, 0.25) is 0 Å². The van der Waals surface area contributed by atoms with Crippen LogP contribution in [0.2, 0.25) is 0 Å². The minimum Gasteiger partial charge on any atom is -0.327 e. The second kappa shape index (κ2) is 5.48. The maximum atomic E-state index is 13.5. The zero-order valence-electron chi connectivity index (χ0n) is 11.4. The van der Waals surface area contributed by atoms with E-state index in [-0.39, 0.29) is 30.5 Å². The molecule has 1 aliphatic heterocycles. The number of hydrogen-bond acceptors (Lipinski definition) is 2. The highest BCUT2D eigenvalue weighted by Gasteiger charge is 2.28. The van der Waals surface area contributed by atoms with Gasteiger partial charge < -0.3 is 4.90 Å². The van der Waals surface area contributed by atoms with Gasteiger partial charge in [-0.15, -0.1) is 0 Å². The molecule has 0 N–H and O–H groups in total. The van der Waals surface area contributed by atoms with Crippen molar-refractivity contribution in [3.8, 4) is 0 Å². The lowest BCUT2D eigenvalue weighted by molar-refractivity contribution is -0.119. The minimum absolute atomic E-state index is 0.00674. The molecular weight excluding hydrogens is 269 g/mol. The van der Waals surface area contributed by atoms with Gasteiger partial charge >= 0.3 is 0 Å². The van der Waals surface area contributed by atoms with Crippen LogP contribution >= 0.6 is 0 Å². The molecule has 1 aliphatic rings. The van der Waals surface area contributed by atoms with Crippen molar-refractivity contribution in [3.63, 3.8) is 0 Å². The molecule has 1 heterocycles. The van der Waals surface area contributed by atoms with Crippen molar-refractivity contribution in [2.75, 3.05) is 6.54 Å². The van der Waals surface area contributed by atoms with Gasteiger partial charge in [-0.2, -0.15) is 0 Å². The molecule has 0 aromatic heterocycles. The number of hydrogen-bond donors (Lipinski definition) is 0. The first kappa shape index (κ1) is 13.5. The molecule has 0 spiro atoms. The van der Waals surface area contributed by atoms with Crippen LogP contribution in [0.3, 0.4) is 0 Å². The van der Waals surface area contributed by atoms with Crippen LogP contribution in [0.5, 0.6) is 0 Å². The largest absolute Gasteiger partial charge is 0.327 e. The number of halogens is 1. The number of nitrogens with zero attached hydrogens (tertiary/aromatic N) is 1. The average molecular weight is 283 g/mol. The van der Waals surface area contributed by atoms with Crippen LogP contribution in [0.25, 0.3) is 0 Å². The summed E-state index contributed by atoms with van der Waals surface area (Å²) in [5, 5.41) is 0. The fourth-order valence-corrected chi connectivity index (χ4v) is 2.57. The standard InChI is InChI=1S/C17H14FNO2/c18-16-8-4-2-5-12(16)9-14(20)11-19-10-13-6-1-3-7-15(13)17(19)21/h1-8H,9-11H2. The number of carbonyl (C=O) groups is 2. The Kier molecular flexibility index (Phi) is 3.52. The van der Waals surface area contributed by atoms with Gasteiger partial charge in [0.05, 0.1) is 6.54 Å². The van der Waals surface area contributed by atoms with Gasteiger partial charge in [0.25, 0.3) is 5.91 Å². The van der Waals surface area contributed by atoms with Crippen LogP contribution < -0.4 is 0 Å². The van der Waals surface area contributed by atoms with Gasteiger partial charge in [-0.3, -0.25) is 9.59 Å². The molecule has 0 bridgehead atoms. The van der Waals surface area contributed by atoms with Crippen LogP contribution in [0.1, 0.15) is 21.5 Å². The fourth-order valence-electron chi connectivity index (χ4n) is 2.57. The topological polar surface area (TPSA) is 37.4 Å². The quantitative estimate of drug-likeness (QED) is 0.865. The second-order valence-corrected chi connectivity index (χ2v) is 5.13. The molecule has 2 aromatic carbocycles. The van der Waals surface area contributed by atoms with Gasteiger partial charge in [-0.05, 0) is 23.3 Å². The summed E-state index contributed by atoms with van der Waals surface area (Å²) in [6.07, 6.45) is 0.00674. The Morgan fingerprint density at radius 2 is 1.81 bits per heavy atom. The number of amides is 1. The molecule has 2 aromatic rings. The zero-order chi connectivity index (χ0) is 14.8. The van der Waals surface area contributed by atoms with E-state index in [4.69, 9.17) is 0 Å². The van der Waals surface area contributed by atoms with E-state index in [1.807, 2.05) is 12.1 Å². The molecule has 106 valence electrons. The minimum atomic E-state index is -0.387. The smallest absolute Gasteiger partial charge is 0.254 e. The SMILES string of the molecule is O=C(Cc1ccccc1F)CN1Cc2ccccc2C1=O. The fraction of sp³-hybridized carbons (Fsp3) is 0.176. The number of benzene rings is 2. The summed E-state index contributed by atoms with van der Waals surface area (Å²) in [6, 6.07) is 13.5. The summed E-state index contributed by atoms with van der Waals surface area (Å²) >= 11 is 0. The third-order valence-corrected chi connectivity index (χ3v) is 3.61. The average Bonchev–Trinajstić information content (AvgIpc) is 2.78. The number of carbonyl (C=O) groups excluding carboxylic acids is 2. The maximum Gasteiger partial charge on any atom is 0.254 e. The third-order valence-electron chi connectivity index (χ3n) is 3.61. The predicted octanol–water partition coefficient (Wildman–Crippen LogP) is 2.59. The summed E-state index contributed by atoms with van der Waals surface area (Å²) in [6.45, 7) is 0.458. The Hall–Kier alpha value is -2.49. The molecule has 1 amide bonds. The van der Waals surface area contributed by atoms with Crippen molar-refractivity contribution in [2.24, 2.45) is 0 Å². The third kappa shape index (κ3) is 2.70. The molecule has 4 heteroatoms. The van der Waals surface area contributed by atoms with Crippen LogP contribution in [-0.2, 0) is 17.8 Å². The molecule has 0 radical (unpaired) electrons. The first-order valence-corrected chi connectivity index (χ1v) is 6.77. The summed E-state index contributed by atoms with van der Waals surface area (Å²) in [5.41, 5.74) is 1.95. The van der Waals surface area contributed by atoms with Crippen molar-refractivity contribution < 1.29 is 14.0 Å². The van der Waals surface area contributed by atoms with E-state index in [0.29, 0.717) is 17.7 Å². The Balaban J connectivity index is 1.67. The highest BCUT2D eigenvalue weighted by Crippen LogP contribution is 2.22. The molecule has 0 saturated heterocycles. The van der Waals surface area contributed by atoms with Crippen molar-refractivity contribution in [3.05, 3.63) is 71.0 Å². The summed E-state index contributed by atoms with van der Waals surface area (Å²) < 4.78 is 13.5. The monoisotopic (exact) mass is 283 g/mol. The van der Waals surface area contributed by atoms with Gasteiger partial charge in [0, 0.05) is 18.5 Å². The molecule has 0 fully saturated rings. The molecule has 3 nitrogen and oxygen atoms in total. The van der Waals surface area contributed by atoms with E-state index < -0.39 is 0 Å². The highest BCUT2D eigenvalue weighted by atomic mass is 19.1. The predicted molar refractivity (Wildman–Crippen MR) is 76.3 cm³/mol. The summed E-state index contributed by atoms with van der Waals surface area (Å²) in [4.78, 5) is 25.7. The van der Waals surface area contributed by atoms with Gasteiger partial charge in [-0.25, -0.2) is 4.39 Å². The van der Waals surface area contributed by atoms with Crippen LogP contribution in [-0.4, -0.2) is 23.1 Å². The second-order valence-electron chi connectivity index (χ2n) is 5.13.